The molecule has 0 bridgehead atoms. The van der Waals surface area contributed by atoms with E-state index in [2.05, 4.69) is 5.32 Å². The average Bonchev–Trinajstić information content (AvgIpc) is 2.99. The second kappa shape index (κ2) is 11.6. The van der Waals surface area contributed by atoms with E-state index in [1.54, 1.807) is 0 Å². The number of carbonyl (C=O) groups excluding carboxylic acids is 2. The highest BCUT2D eigenvalue weighted by atomic mass is 35.5. The highest BCUT2D eigenvalue weighted by Gasteiger charge is 2.42. The van der Waals surface area contributed by atoms with Gasteiger partial charge in [-0.25, -0.2) is 4.79 Å². The Hall–Kier alpha value is -4.35. The summed E-state index contributed by atoms with van der Waals surface area (Å²) in [5.74, 6) is -0.232. The number of carbonyl (C=O) groups is 2. The van der Waals surface area contributed by atoms with Crippen LogP contribution in [0.5, 0.6) is 5.75 Å². The molecule has 6 heteroatoms. The summed E-state index contributed by atoms with van der Waals surface area (Å²) in [6.45, 7) is 2.20. The van der Waals surface area contributed by atoms with E-state index in [4.69, 9.17) is 21.1 Å². The molecule has 5 nitrogen and oxygen atoms in total. The number of hydrogen-bond donors (Lipinski definition) is 1. The summed E-state index contributed by atoms with van der Waals surface area (Å²) in [4.78, 5) is 27.7. The standard InChI is InChI=1S/C35H30ClNO4/c1-22-32(35(39)41-19-18-40-27-10-3-2-4-11-27)33(29-13-7-9-24-8-5-6-12-28(24)29)34-30(37-22)20-25(21-31(34)38)23-14-16-26(36)17-15-23/h2-17,25,33,37H,18-21H2,1H3/t25-,33+/m1/s1. The Labute approximate surface area is 244 Å². The van der Waals surface area contributed by atoms with Gasteiger partial charge < -0.3 is 14.8 Å². The number of rotatable bonds is 7. The third-order valence-electron chi connectivity index (χ3n) is 7.85. The van der Waals surface area contributed by atoms with E-state index in [1.165, 1.54) is 0 Å². The number of para-hydroxylation sites is 1. The lowest BCUT2D eigenvalue weighted by molar-refractivity contribution is -0.140. The number of Topliss-reactive ketones (excluding diaryl/α,β-unsaturated/α-hetero) is 1. The molecular formula is C35H30ClNO4. The molecule has 1 aliphatic carbocycles. The van der Waals surface area contributed by atoms with Crippen molar-refractivity contribution in [1.82, 2.24) is 5.32 Å². The fraction of sp³-hybridized carbons (Fsp3) is 0.200. The lowest BCUT2D eigenvalue weighted by Crippen LogP contribution is -2.36. The molecule has 0 spiro atoms. The lowest BCUT2D eigenvalue weighted by Gasteiger charge is -2.37. The molecule has 1 heterocycles. The zero-order chi connectivity index (χ0) is 28.3. The zero-order valence-electron chi connectivity index (χ0n) is 22.7. The summed E-state index contributed by atoms with van der Waals surface area (Å²) >= 11 is 6.12. The Bertz CT molecular complexity index is 1670. The van der Waals surface area contributed by atoms with Crippen LogP contribution in [0, 0.1) is 0 Å². The number of ether oxygens (including phenoxy) is 2. The van der Waals surface area contributed by atoms with Gasteiger partial charge in [-0.3, -0.25) is 4.79 Å². The third-order valence-corrected chi connectivity index (χ3v) is 8.10. The summed E-state index contributed by atoms with van der Waals surface area (Å²) < 4.78 is 11.5. The van der Waals surface area contributed by atoms with Crippen molar-refractivity contribution in [2.45, 2.75) is 31.6 Å². The maximum atomic E-state index is 14.0. The molecule has 0 amide bonds. The highest BCUT2D eigenvalue weighted by Crippen LogP contribution is 2.47. The minimum atomic E-state index is -0.543. The van der Waals surface area contributed by atoms with Gasteiger partial charge in [0, 0.05) is 34.3 Å². The Balaban J connectivity index is 1.34. The summed E-state index contributed by atoms with van der Waals surface area (Å²) in [5.41, 5.74) is 4.65. The SMILES string of the molecule is CC1=C(C(=O)OCCOc2ccccc2)[C@H](c2cccc3ccccc23)C2=C(C[C@@H](c3ccc(Cl)cc3)CC2=O)N1. The molecule has 2 aliphatic rings. The molecule has 6 rings (SSSR count). The smallest absolute Gasteiger partial charge is 0.336 e. The first-order chi connectivity index (χ1) is 20.0. The van der Waals surface area contributed by atoms with Crippen LogP contribution in [0.15, 0.2) is 120 Å². The van der Waals surface area contributed by atoms with Crippen LogP contribution < -0.4 is 10.1 Å². The number of esters is 1. The number of halogens is 1. The summed E-state index contributed by atoms with van der Waals surface area (Å²) in [6, 6.07) is 31.2. The fourth-order valence-electron chi connectivity index (χ4n) is 5.98. The van der Waals surface area contributed by atoms with Gasteiger partial charge in [0.25, 0.3) is 0 Å². The quantitative estimate of drug-likeness (QED) is 0.186. The van der Waals surface area contributed by atoms with E-state index < -0.39 is 11.9 Å². The molecule has 0 fully saturated rings. The highest BCUT2D eigenvalue weighted by molar-refractivity contribution is 6.30. The van der Waals surface area contributed by atoms with Crippen molar-refractivity contribution in [2.24, 2.45) is 0 Å². The Morgan fingerprint density at radius 2 is 1.61 bits per heavy atom. The van der Waals surface area contributed by atoms with E-state index in [9.17, 15) is 9.59 Å². The fourth-order valence-corrected chi connectivity index (χ4v) is 6.11. The van der Waals surface area contributed by atoms with Crippen molar-refractivity contribution in [3.05, 3.63) is 136 Å². The number of allylic oxidation sites excluding steroid dienone is 3. The van der Waals surface area contributed by atoms with E-state index >= 15 is 0 Å². The minimum Gasteiger partial charge on any atom is -0.490 e. The van der Waals surface area contributed by atoms with Gasteiger partial charge in [-0.2, -0.15) is 0 Å². The lowest BCUT2D eigenvalue weighted by atomic mass is 9.71. The molecule has 0 radical (unpaired) electrons. The molecule has 0 unspecified atom stereocenters. The van der Waals surface area contributed by atoms with Gasteiger partial charge in [-0.15, -0.1) is 0 Å². The van der Waals surface area contributed by atoms with Crippen LogP contribution in [0.3, 0.4) is 0 Å². The normalized spacial score (nSPS) is 18.6. The number of dihydropyridines is 1. The molecule has 1 N–H and O–H groups in total. The predicted octanol–water partition coefficient (Wildman–Crippen LogP) is 7.48. The number of ketones is 1. The summed E-state index contributed by atoms with van der Waals surface area (Å²) in [6.07, 6.45) is 1.02. The van der Waals surface area contributed by atoms with Gasteiger partial charge in [-0.1, -0.05) is 84.4 Å². The molecule has 206 valence electrons. The minimum absolute atomic E-state index is 0.0237. The van der Waals surface area contributed by atoms with E-state index in [0.29, 0.717) is 40.5 Å². The van der Waals surface area contributed by atoms with Gasteiger partial charge in [0.15, 0.2) is 5.78 Å². The van der Waals surface area contributed by atoms with Gasteiger partial charge in [0.05, 0.1) is 5.57 Å². The molecule has 1 aliphatic heterocycles. The maximum Gasteiger partial charge on any atom is 0.336 e. The zero-order valence-corrected chi connectivity index (χ0v) is 23.5. The van der Waals surface area contributed by atoms with Gasteiger partial charge in [-0.05, 0) is 65.4 Å². The Morgan fingerprint density at radius 3 is 2.41 bits per heavy atom. The van der Waals surface area contributed by atoms with Crippen molar-refractivity contribution >= 4 is 34.1 Å². The molecule has 0 saturated heterocycles. The van der Waals surface area contributed by atoms with Crippen molar-refractivity contribution in [3.8, 4) is 5.75 Å². The van der Waals surface area contributed by atoms with E-state index in [0.717, 1.165) is 27.6 Å². The average molecular weight is 564 g/mol. The first-order valence-corrected chi connectivity index (χ1v) is 14.2. The number of fused-ring (bicyclic) bond motifs is 1. The molecule has 4 aromatic carbocycles. The van der Waals surface area contributed by atoms with Crippen LogP contribution in [-0.4, -0.2) is 25.0 Å². The first kappa shape index (κ1) is 26.9. The summed E-state index contributed by atoms with van der Waals surface area (Å²) in [7, 11) is 0. The molecule has 41 heavy (non-hydrogen) atoms. The van der Waals surface area contributed by atoms with Crippen molar-refractivity contribution in [3.63, 3.8) is 0 Å². The van der Waals surface area contributed by atoms with Crippen molar-refractivity contribution in [2.75, 3.05) is 13.2 Å². The molecule has 2 atom stereocenters. The number of benzene rings is 4. The van der Waals surface area contributed by atoms with Crippen LogP contribution in [0.25, 0.3) is 10.8 Å². The van der Waals surface area contributed by atoms with Crippen LogP contribution in [0.4, 0.5) is 0 Å². The van der Waals surface area contributed by atoms with Crippen molar-refractivity contribution in [1.29, 1.82) is 0 Å². The summed E-state index contributed by atoms with van der Waals surface area (Å²) in [5, 5.41) is 6.16. The second-order valence-electron chi connectivity index (χ2n) is 10.4. The van der Waals surface area contributed by atoms with Crippen LogP contribution in [0.2, 0.25) is 5.02 Å². The predicted molar refractivity (Wildman–Crippen MR) is 161 cm³/mol. The van der Waals surface area contributed by atoms with E-state index in [1.807, 2.05) is 104 Å². The van der Waals surface area contributed by atoms with Gasteiger partial charge >= 0.3 is 5.97 Å². The second-order valence-corrected chi connectivity index (χ2v) is 10.9. The largest absolute Gasteiger partial charge is 0.490 e. The topological polar surface area (TPSA) is 64.6 Å². The molecular weight excluding hydrogens is 534 g/mol. The molecule has 0 saturated carbocycles. The Kier molecular flexibility index (Phi) is 7.62. The van der Waals surface area contributed by atoms with Crippen LogP contribution >= 0.6 is 11.6 Å². The molecule has 0 aromatic heterocycles. The van der Waals surface area contributed by atoms with Crippen molar-refractivity contribution < 1.29 is 19.1 Å². The maximum absolute atomic E-state index is 14.0. The number of nitrogens with one attached hydrogen (secondary N) is 1. The first-order valence-electron chi connectivity index (χ1n) is 13.8. The number of hydrogen-bond acceptors (Lipinski definition) is 5. The van der Waals surface area contributed by atoms with Gasteiger partial charge in [0.1, 0.15) is 19.0 Å². The van der Waals surface area contributed by atoms with Crippen LogP contribution in [0.1, 0.15) is 42.7 Å². The Morgan fingerprint density at radius 1 is 0.878 bits per heavy atom. The van der Waals surface area contributed by atoms with Gasteiger partial charge in [0.2, 0.25) is 0 Å². The van der Waals surface area contributed by atoms with Crippen LogP contribution in [-0.2, 0) is 14.3 Å². The third kappa shape index (κ3) is 5.50. The van der Waals surface area contributed by atoms with E-state index in [-0.39, 0.29) is 24.9 Å². The molecule has 4 aromatic rings. The monoisotopic (exact) mass is 563 g/mol.